The summed E-state index contributed by atoms with van der Waals surface area (Å²) in [6.45, 7) is 6.93. The number of nitrogens with zero attached hydrogens (tertiary/aromatic N) is 2. The van der Waals surface area contributed by atoms with Crippen molar-refractivity contribution in [2.45, 2.75) is 39.7 Å². The van der Waals surface area contributed by atoms with E-state index in [1.807, 2.05) is 6.92 Å². The molecule has 0 saturated carbocycles. The topological polar surface area (TPSA) is 64.3 Å². The molecule has 17 heavy (non-hydrogen) atoms. The van der Waals surface area contributed by atoms with Gasteiger partial charge in [-0.25, -0.2) is 9.78 Å². The third kappa shape index (κ3) is 2.66. The van der Waals surface area contributed by atoms with Crippen LogP contribution in [0, 0.1) is 7.05 Å². The molecular formula is C12H18N2O3. The number of hydrogen-bond acceptors (Lipinski definition) is 4. The van der Waals surface area contributed by atoms with Crippen molar-refractivity contribution in [2.24, 2.45) is 0 Å². The minimum absolute atomic E-state index is 0.108. The molecule has 1 rings (SSSR count). The van der Waals surface area contributed by atoms with Crippen molar-refractivity contribution in [3.05, 3.63) is 24.3 Å². The number of aryl methyl sites for hydroxylation is 1. The summed E-state index contributed by atoms with van der Waals surface area (Å²) in [5.74, 6) is -0.0375. The molecule has 0 saturated heterocycles. The molecule has 0 aliphatic carbocycles. The average molecular weight is 238 g/mol. The van der Waals surface area contributed by atoms with Crippen molar-refractivity contribution >= 4 is 5.97 Å². The third-order valence-corrected chi connectivity index (χ3v) is 2.35. The molecule has 0 bridgehead atoms. The summed E-state index contributed by atoms with van der Waals surface area (Å²) in [6.07, 6.45) is 0.568. The first-order chi connectivity index (χ1) is 7.82. The highest BCUT2D eigenvalue weighted by Gasteiger charge is 2.30. The Bertz CT molecular complexity index is 416. The fourth-order valence-corrected chi connectivity index (χ4v) is 1.55. The number of ether oxygens (including phenoxy) is 1. The zero-order valence-corrected chi connectivity index (χ0v) is 10.6. The number of carbonyl (C=O) groups is 1. The molecule has 0 amide bonds. The molecule has 0 unspecified atom stereocenters. The lowest BCUT2D eigenvalue weighted by atomic mass is 10.0. The minimum Gasteiger partial charge on any atom is -0.461 e. The van der Waals surface area contributed by atoms with E-state index in [0.29, 0.717) is 12.2 Å². The molecule has 0 atom stereocenters. The quantitative estimate of drug-likeness (QED) is 0.804. The molecule has 0 fully saturated rings. The van der Waals surface area contributed by atoms with E-state index in [1.54, 1.807) is 20.8 Å². The van der Waals surface area contributed by atoms with Gasteiger partial charge in [0.25, 0.3) is 0 Å². The van der Waals surface area contributed by atoms with Gasteiger partial charge in [-0.1, -0.05) is 6.92 Å². The van der Waals surface area contributed by atoms with Gasteiger partial charge in [-0.05, 0) is 20.8 Å². The first-order valence-corrected chi connectivity index (χ1v) is 5.59. The molecule has 0 aliphatic heterocycles. The van der Waals surface area contributed by atoms with Crippen LogP contribution in [0.1, 0.15) is 49.7 Å². The Morgan fingerprint density at radius 2 is 2.12 bits per heavy atom. The summed E-state index contributed by atoms with van der Waals surface area (Å²) in [5, 5.41) is 9.98. The molecule has 94 valence electrons. The van der Waals surface area contributed by atoms with E-state index < -0.39 is 11.6 Å². The average Bonchev–Trinajstić information content (AvgIpc) is 2.55. The van der Waals surface area contributed by atoms with E-state index in [4.69, 9.17) is 11.8 Å². The van der Waals surface area contributed by atoms with Gasteiger partial charge in [-0.2, -0.15) is 0 Å². The zero-order chi connectivity index (χ0) is 13.2. The first kappa shape index (κ1) is 13.7. The van der Waals surface area contributed by atoms with Gasteiger partial charge in [-0.15, -0.1) is 0 Å². The van der Waals surface area contributed by atoms with E-state index in [9.17, 15) is 9.90 Å². The van der Waals surface area contributed by atoms with Crippen LogP contribution in [0.15, 0.2) is 0 Å². The number of carbonyl (C=O) groups excluding carboxylic acids is 1. The molecule has 5 heteroatoms. The maximum absolute atomic E-state index is 11.8. The Balaban J connectivity index is 3.34. The molecule has 1 N–H and O–H groups in total. The highest BCUT2D eigenvalue weighted by molar-refractivity contribution is 5.89. The van der Waals surface area contributed by atoms with Gasteiger partial charge < -0.3 is 14.4 Å². The highest BCUT2D eigenvalue weighted by Crippen LogP contribution is 2.24. The maximum atomic E-state index is 11.8. The van der Waals surface area contributed by atoms with Crippen molar-refractivity contribution in [3.8, 4) is 0 Å². The van der Waals surface area contributed by atoms with Gasteiger partial charge in [-0.3, -0.25) is 0 Å². The molecule has 5 nitrogen and oxygen atoms in total. The normalized spacial score (nSPS) is 11.6. The molecule has 0 spiro atoms. The second-order valence-electron chi connectivity index (χ2n) is 4.23. The van der Waals surface area contributed by atoms with Crippen molar-refractivity contribution < 1.29 is 14.6 Å². The van der Waals surface area contributed by atoms with E-state index in [2.05, 4.69) is 4.98 Å². The van der Waals surface area contributed by atoms with Gasteiger partial charge in [0, 0.05) is 6.42 Å². The predicted octanol–water partition coefficient (Wildman–Crippen LogP) is 1.37. The number of aliphatic hydroxyl groups is 1. The molecule has 1 aromatic heterocycles. The third-order valence-electron chi connectivity index (χ3n) is 2.35. The van der Waals surface area contributed by atoms with E-state index in [-0.39, 0.29) is 18.0 Å². The molecule has 1 heterocycles. The predicted molar refractivity (Wildman–Crippen MR) is 62.5 cm³/mol. The minimum atomic E-state index is -1.24. The lowest BCUT2D eigenvalue weighted by Gasteiger charge is -2.16. The highest BCUT2D eigenvalue weighted by atomic mass is 16.5. The summed E-state index contributed by atoms with van der Waals surface area (Å²) in [7, 11) is 5.78. The standard InChI is InChI=1S/C12H18N2O3/c1-6-8-13-10(12(3,4)16)9(14(8)5)11(15)17-7-2/h5,16H,6-7H2,1-4H3. The first-order valence-electron chi connectivity index (χ1n) is 5.59. The van der Waals surface area contributed by atoms with Crippen LogP contribution in [0.5, 0.6) is 0 Å². The fraction of sp³-hybridized carbons (Fsp3) is 0.583. The van der Waals surface area contributed by atoms with E-state index >= 15 is 0 Å². The van der Waals surface area contributed by atoms with Crippen LogP contribution in [0.4, 0.5) is 0 Å². The van der Waals surface area contributed by atoms with Crippen molar-refractivity contribution in [1.82, 2.24) is 9.55 Å². The van der Waals surface area contributed by atoms with Crippen molar-refractivity contribution in [2.75, 3.05) is 6.61 Å². The van der Waals surface area contributed by atoms with Crippen LogP contribution < -0.4 is 0 Å². The van der Waals surface area contributed by atoms with Crippen LogP contribution >= 0.6 is 0 Å². The Hall–Kier alpha value is -1.36. The van der Waals surface area contributed by atoms with Crippen LogP contribution in [-0.2, 0) is 16.8 Å². The van der Waals surface area contributed by atoms with Gasteiger partial charge in [0.1, 0.15) is 17.1 Å². The Kier molecular flexibility index (Phi) is 3.93. The molecular weight excluding hydrogens is 220 g/mol. The summed E-state index contributed by atoms with van der Waals surface area (Å²) in [5.41, 5.74) is -0.886. The Morgan fingerprint density at radius 1 is 1.53 bits per heavy atom. The Morgan fingerprint density at radius 3 is 2.53 bits per heavy atom. The van der Waals surface area contributed by atoms with E-state index in [0.717, 1.165) is 0 Å². The maximum Gasteiger partial charge on any atom is 0.357 e. The largest absolute Gasteiger partial charge is 0.461 e. The van der Waals surface area contributed by atoms with Gasteiger partial charge in [0.15, 0.2) is 5.69 Å². The van der Waals surface area contributed by atoms with Crippen LogP contribution in [0.2, 0.25) is 0 Å². The molecule has 2 radical (unpaired) electrons. The van der Waals surface area contributed by atoms with Gasteiger partial charge in [0.2, 0.25) is 0 Å². The summed E-state index contributed by atoms with van der Waals surface area (Å²) < 4.78 is 6.10. The van der Waals surface area contributed by atoms with Crippen molar-refractivity contribution in [1.29, 1.82) is 0 Å². The second kappa shape index (κ2) is 4.87. The van der Waals surface area contributed by atoms with Crippen LogP contribution in [-0.4, -0.2) is 27.2 Å². The fourth-order valence-electron chi connectivity index (χ4n) is 1.55. The van der Waals surface area contributed by atoms with Crippen LogP contribution in [0.3, 0.4) is 0 Å². The van der Waals surface area contributed by atoms with Gasteiger partial charge in [0.05, 0.1) is 13.7 Å². The zero-order valence-electron chi connectivity index (χ0n) is 10.6. The summed E-state index contributed by atoms with van der Waals surface area (Å²) in [4.78, 5) is 16.0. The summed E-state index contributed by atoms with van der Waals surface area (Å²) in [6, 6.07) is 0. The number of esters is 1. The number of rotatable bonds is 4. The smallest absolute Gasteiger partial charge is 0.357 e. The molecule has 1 aromatic rings. The van der Waals surface area contributed by atoms with Gasteiger partial charge >= 0.3 is 5.97 Å². The Labute approximate surface area is 101 Å². The monoisotopic (exact) mass is 238 g/mol. The van der Waals surface area contributed by atoms with E-state index in [1.165, 1.54) is 4.57 Å². The number of aromatic nitrogens is 2. The molecule has 0 aromatic carbocycles. The lowest BCUT2D eigenvalue weighted by molar-refractivity contribution is 0.0472. The second-order valence-corrected chi connectivity index (χ2v) is 4.23. The number of imidazole rings is 1. The van der Waals surface area contributed by atoms with Crippen molar-refractivity contribution in [3.63, 3.8) is 0 Å². The lowest BCUT2D eigenvalue weighted by Crippen LogP contribution is -2.22. The molecule has 0 aliphatic rings. The number of hydrogen-bond donors (Lipinski definition) is 1. The SMILES string of the molecule is [CH]n1c(CC)nc(C(C)(C)O)c1C(=O)OCC. The van der Waals surface area contributed by atoms with Crippen LogP contribution in [0.25, 0.3) is 0 Å². The summed E-state index contributed by atoms with van der Waals surface area (Å²) >= 11 is 0.